The molecule has 0 aromatic heterocycles. The van der Waals surface area contributed by atoms with Crippen LogP contribution in [0.1, 0.15) is 37.7 Å². The van der Waals surface area contributed by atoms with E-state index in [0.29, 0.717) is 24.7 Å². The zero-order valence-electron chi connectivity index (χ0n) is 14.7. The second-order valence-corrected chi connectivity index (χ2v) is 6.91. The van der Waals surface area contributed by atoms with Gasteiger partial charge in [0.15, 0.2) is 11.5 Å². The SMILES string of the molecule is O=C(CC1CCCC1)Nc1cccc(COc2ccc3c(c2)OCO3)c1. The van der Waals surface area contributed by atoms with Crippen molar-refractivity contribution in [3.63, 3.8) is 0 Å². The number of rotatable bonds is 6. The molecule has 136 valence electrons. The van der Waals surface area contributed by atoms with Crippen LogP contribution in [0.3, 0.4) is 0 Å². The average Bonchev–Trinajstić information content (AvgIpc) is 3.31. The monoisotopic (exact) mass is 353 g/mol. The summed E-state index contributed by atoms with van der Waals surface area (Å²) >= 11 is 0. The summed E-state index contributed by atoms with van der Waals surface area (Å²) in [5, 5.41) is 3.01. The Bertz CT molecular complexity index is 783. The molecule has 1 aliphatic carbocycles. The van der Waals surface area contributed by atoms with Gasteiger partial charge in [0, 0.05) is 18.2 Å². The van der Waals surface area contributed by atoms with Gasteiger partial charge in [-0.15, -0.1) is 0 Å². The Balaban J connectivity index is 1.32. The molecule has 5 nitrogen and oxygen atoms in total. The van der Waals surface area contributed by atoms with Gasteiger partial charge in [-0.05, 0) is 48.6 Å². The van der Waals surface area contributed by atoms with E-state index in [0.717, 1.165) is 22.7 Å². The molecule has 5 heteroatoms. The first kappa shape index (κ1) is 16.8. The van der Waals surface area contributed by atoms with Crippen molar-refractivity contribution >= 4 is 11.6 Å². The van der Waals surface area contributed by atoms with Crippen LogP contribution >= 0.6 is 0 Å². The minimum atomic E-state index is 0.103. The van der Waals surface area contributed by atoms with Crippen LogP contribution in [0.25, 0.3) is 0 Å². The highest BCUT2D eigenvalue weighted by molar-refractivity contribution is 5.90. The second kappa shape index (κ2) is 7.68. The average molecular weight is 353 g/mol. The third kappa shape index (κ3) is 4.10. The summed E-state index contributed by atoms with van der Waals surface area (Å²) in [6, 6.07) is 13.3. The van der Waals surface area contributed by atoms with E-state index in [1.807, 2.05) is 42.5 Å². The summed E-state index contributed by atoms with van der Waals surface area (Å²) in [6.07, 6.45) is 5.49. The maximum Gasteiger partial charge on any atom is 0.231 e. The van der Waals surface area contributed by atoms with Gasteiger partial charge in [0.25, 0.3) is 0 Å². The molecule has 1 N–H and O–H groups in total. The van der Waals surface area contributed by atoms with Gasteiger partial charge >= 0.3 is 0 Å². The van der Waals surface area contributed by atoms with Crippen molar-refractivity contribution in [2.24, 2.45) is 5.92 Å². The fourth-order valence-electron chi connectivity index (χ4n) is 3.56. The lowest BCUT2D eigenvalue weighted by atomic mass is 10.0. The third-order valence-electron chi connectivity index (χ3n) is 4.91. The molecule has 0 unspecified atom stereocenters. The largest absolute Gasteiger partial charge is 0.489 e. The Morgan fingerprint density at radius 3 is 2.81 bits per heavy atom. The number of amides is 1. The first-order valence-electron chi connectivity index (χ1n) is 9.17. The van der Waals surface area contributed by atoms with Crippen molar-refractivity contribution in [1.82, 2.24) is 0 Å². The predicted octanol–water partition coefficient (Wildman–Crippen LogP) is 4.51. The number of fused-ring (bicyclic) bond motifs is 1. The van der Waals surface area contributed by atoms with Crippen molar-refractivity contribution < 1.29 is 19.0 Å². The second-order valence-electron chi connectivity index (χ2n) is 6.91. The Hall–Kier alpha value is -2.69. The predicted molar refractivity (Wildman–Crippen MR) is 98.5 cm³/mol. The molecular formula is C21H23NO4. The number of hydrogen-bond donors (Lipinski definition) is 1. The van der Waals surface area contributed by atoms with Crippen molar-refractivity contribution in [3.8, 4) is 17.2 Å². The van der Waals surface area contributed by atoms with E-state index in [1.165, 1.54) is 25.7 Å². The zero-order valence-corrected chi connectivity index (χ0v) is 14.7. The maximum atomic E-state index is 12.2. The van der Waals surface area contributed by atoms with E-state index in [4.69, 9.17) is 14.2 Å². The van der Waals surface area contributed by atoms with Gasteiger partial charge in [-0.2, -0.15) is 0 Å². The first-order chi connectivity index (χ1) is 12.8. The zero-order chi connectivity index (χ0) is 17.8. The van der Waals surface area contributed by atoms with Crippen molar-refractivity contribution in [1.29, 1.82) is 0 Å². The van der Waals surface area contributed by atoms with Crippen LogP contribution in [0.2, 0.25) is 0 Å². The number of nitrogens with one attached hydrogen (secondary N) is 1. The van der Waals surface area contributed by atoms with Gasteiger partial charge in [-0.25, -0.2) is 0 Å². The highest BCUT2D eigenvalue weighted by atomic mass is 16.7. The quantitative estimate of drug-likeness (QED) is 0.830. The Morgan fingerprint density at radius 1 is 1.08 bits per heavy atom. The number of carbonyl (C=O) groups is 1. The lowest BCUT2D eigenvalue weighted by Crippen LogP contribution is -2.15. The number of benzene rings is 2. The molecule has 1 heterocycles. The lowest BCUT2D eigenvalue weighted by Gasteiger charge is -2.11. The Labute approximate surface area is 153 Å². The van der Waals surface area contributed by atoms with Crippen LogP contribution < -0.4 is 19.5 Å². The van der Waals surface area contributed by atoms with Crippen LogP contribution in [-0.4, -0.2) is 12.7 Å². The van der Waals surface area contributed by atoms with E-state index in [9.17, 15) is 4.79 Å². The molecular weight excluding hydrogens is 330 g/mol. The van der Waals surface area contributed by atoms with Crippen molar-refractivity contribution in [2.75, 3.05) is 12.1 Å². The highest BCUT2D eigenvalue weighted by Gasteiger charge is 2.18. The number of anilines is 1. The number of carbonyl (C=O) groups excluding carboxylic acids is 1. The molecule has 26 heavy (non-hydrogen) atoms. The Kier molecular flexibility index (Phi) is 4.95. The molecule has 0 atom stereocenters. The molecule has 2 aliphatic rings. The maximum absolute atomic E-state index is 12.2. The normalized spacial score (nSPS) is 15.8. The van der Waals surface area contributed by atoms with Crippen LogP contribution in [0.5, 0.6) is 17.2 Å². The fraction of sp³-hybridized carbons (Fsp3) is 0.381. The molecule has 1 saturated carbocycles. The third-order valence-corrected chi connectivity index (χ3v) is 4.91. The van der Waals surface area contributed by atoms with Crippen molar-refractivity contribution in [3.05, 3.63) is 48.0 Å². The Morgan fingerprint density at radius 2 is 1.92 bits per heavy atom. The van der Waals surface area contributed by atoms with Crippen LogP contribution in [-0.2, 0) is 11.4 Å². The van der Waals surface area contributed by atoms with Gasteiger partial charge in [0.1, 0.15) is 12.4 Å². The molecule has 0 saturated heterocycles. The van der Waals surface area contributed by atoms with E-state index in [2.05, 4.69) is 5.32 Å². The number of hydrogen-bond acceptors (Lipinski definition) is 4. The molecule has 1 aliphatic heterocycles. The van der Waals surface area contributed by atoms with Gasteiger partial charge < -0.3 is 19.5 Å². The van der Waals surface area contributed by atoms with E-state index in [-0.39, 0.29) is 12.7 Å². The molecule has 0 bridgehead atoms. The first-order valence-corrected chi connectivity index (χ1v) is 9.17. The molecule has 1 fully saturated rings. The molecule has 0 radical (unpaired) electrons. The smallest absolute Gasteiger partial charge is 0.231 e. The summed E-state index contributed by atoms with van der Waals surface area (Å²) in [7, 11) is 0. The van der Waals surface area contributed by atoms with Gasteiger partial charge in [0.05, 0.1) is 0 Å². The summed E-state index contributed by atoms with van der Waals surface area (Å²) in [5.74, 6) is 2.82. The van der Waals surface area contributed by atoms with Crippen molar-refractivity contribution in [2.45, 2.75) is 38.7 Å². The minimum absolute atomic E-state index is 0.103. The molecule has 1 amide bonds. The van der Waals surface area contributed by atoms with Gasteiger partial charge in [-0.1, -0.05) is 25.0 Å². The lowest BCUT2D eigenvalue weighted by molar-refractivity contribution is -0.117. The number of ether oxygens (including phenoxy) is 3. The molecule has 2 aromatic carbocycles. The summed E-state index contributed by atoms with van der Waals surface area (Å²) in [5.41, 5.74) is 1.82. The van der Waals surface area contributed by atoms with Crippen LogP contribution in [0, 0.1) is 5.92 Å². The van der Waals surface area contributed by atoms with Crippen LogP contribution in [0.15, 0.2) is 42.5 Å². The van der Waals surface area contributed by atoms with Gasteiger partial charge in [-0.3, -0.25) is 4.79 Å². The van der Waals surface area contributed by atoms with Gasteiger partial charge in [0.2, 0.25) is 12.7 Å². The van der Waals surface area contributed by atoms with E-state index >= 15 is 0 Å². The highest BCUT2D eigenvalue weighted by Crippen LogP contribution is 2.35. The summed E-state index contributed by atoms with van der Waals surface area (Å²) in [6.45, 7) is 0.674. The molecule has 2 aromatic rings. The summed E-state index contributed by atoms with van der Waals surface area (Å²) < 4.78 is 16.5. The molecule has 0 spiro atoms. The summed E-state index contributed by atoms with van der Waals surface area (Å²) in [4.78, 5) is 12.2. The topological polar surface area (TPSA) is 56.8 Å². The van der Waals surface area contributed by atoms with E-state index in [1.54, 1.807) is 0 Å². The standard InChI is InChI=1S/C21H23NO4/c23-21(11-15-4-1-2-5-15)22-17-7-3-6-16(10-17)13-24-18-8-9-19-20(12-18)26-14-25-19/h3,6-10,12,15H,1-2,4-5,11,13-14H2,(H,22,23). The van der Waals surface area contributed by atoms with Crippen LogP contribution in [0.4, 0.5) is 5.69 Å². The minimum Gasteiger partial charge on any atom is -0.489 e. The molecule has 4 rings (SSSR count). The fourth-order valence-corrected chi connectivity index (χ4v) is 3.56. The van der Waals surface area contributed by atoms with E-state index < -0.39 is 0 Å².